The van der Waals surface area contributed by atoms with Crippen LogP contribution in [0.3, 0.4) is 0 Å². The van der Waals surface area contributed by atoms with Crippen molar-refractivity contribution in [2.24, 2.45) is 11.8 Å². The third-order valence-electron chi connectivity index (χ3n) is 3.12. The van der Waals surface area contributed by atoms with Crippen LogP contribution in [0, 0.1) is 25.7 Å². The lowest BCUT2D eigenvalue weighted by Gasteiger charge is -2.09. The summed E-state index contributed by atoms with van der Waals surface area (Å²) in [5, 5.41) is 7.56. The lowest BCUT2D eigenvalue weighted by Crippen LogP contribution is -2.14. The first-order valence-electron chi connectivity index (χ1n) is 8.19. The summed E-state index contributed by atoms with van der Waals surface area (Å²) in [6, 6.07) is 0. The summed E-state index contributed by atoms with van der Waals surface area (Å²) in [6.07, 6.45) is 0. The molecule has 0 fully saturated rings. The summed E-state index contributed by atoms with van der Waals surface area (Å²) in [4.78, 5) is 12.6. The Morgan fingerprint density at radius 3 is 2.04 bits per heavy atom. The van der Waals surface area contributed by atoms with Gasteiger partial charge in [0, 0.05) is 6.92 Å². The summed E-state index contributed by atoms with van der Waals surface area (Å²) in [6.45, 7) is 12.0. The monoisotopic (exact) mass is 352 g/mol. The molecule has 2 heterocycles. The van der Waals surface area contributed by atoms with E-state index in [0.29, 0.717) is 24.7 Å². The Morgan fingerprint density at radius 1 is 0.920 bits per heavy atom. The second kappa shape index (κ2) is 8.04. The van der Waals surface area contributed by atoms with Crippen LogP contribution in [0.15, 0.2) is 9.05 Å². The van der Waals surface area contributed by atoms with Crippen LogP contribution < -0.4 is 14.2 Å². The highest BCUT2D eigenvalue weighted by Gasteiger charge is 2.27. The molecule has 2 aromatic rings. The minimum absolute atomic E-state index is 0.106. The normalized spacial score (nSPS) is 11.2. The third kappa shape index (κ3) is 4.74. The lowest BCUT2D eigenvalue weighted by atomic mass is 10.2. The maximum absolute atomic E-state index is 12.6. The summed E-state index contributed by atoms with van der Waals surface area (Å²) in [5.74, 6) is 0.926. The minimum atomic E-state index is -0.668. The van der Waals surface area contributed by atoms with Gasteiger partial charge in [-0.15, -0.1) is 0 Å². The molecule has 0 aliphatic carbocycles. The number of ether oxygens (including phenoxy) is 3. The topological polar surface area (TPSA) is 96.8 Å². The Bertz CT molecular complexity index is 717. The van der Waals surface area contributed by atoms with Crippen LogP contribution in [0.4, 0.5) is 0 Å². The smallest absolute Gasteiger partial charge is 0.353 e. The van der Waals surface area contributed by atoms with Crippen molar-refractivity contribution in [1.82, 2.24) is 10.3 Å². The summed E-state index contributed by atoms with van der Waals surface area (Å²) in [5.41, 5.74) is 0.135. The third-order valence-corrected chi connectivity index (χ3v) is 3.12. The molecular weight excluding hydrogens is 328 g/mol. The zero-order chi connectivity index (χ0) is 18.6. The van der Waals surface area contributed by atoms with Crippen LogP contribution in [0.2, 0.25) is 0 Å². The SMILES string of the molecule is Cc1onc(OCC(C)C)c1OC(=O)c1c(OCC(C)C)noc1C. The van der Waals surface area contributed by atoms with Crippen LogP contribution in [0.25, 0.3) is 0 Å². The number of carbonyl (C=O) groups excluding carboxylic acids is 1. The number of hydrogen-bond donors (Lipinski definition) is 0. The van der Waals surface area contributed by atoms with Crippen molar-refractivity contribution in [3.63, 3.8) is 0 Å². The van der Waals surface area contributed by atoms with Gasteiger partial charge in [0.05, 0.1) is 13.2 Å². The number of nitrogens with zero attached hydrogens (tertiary/aromatic N) is 2. The molecule has 0 bridgehead atoms. The molecule has 0 N–H and O–H groups in total. The number of carbonyl (C=O) groups is 1. The highest BCUT2D eigenvalue weighted by atomic mass is 16.6. The summed E-state index contributed by atoms with van der Waals surface area (Å²) >= 11 is 0. The Hall–Kier alpha value is -2.51. The fourth-order valence-electron chi connectivity index (χ4n) is 1.87. The predicted octanol–water partition coefficient (Wildman–Crippen LogP) is 3.57. The second-order valence-electron chi connectivity index (χ2n) is 6.59. The molecule has 0 saturated heterocycles. The van der Waals surface area contributed by atoms with Gasteiger partial charge in [0.2, 0.25) is 5.75 Å². The first-order valence-corrected chi connectivity index (χ1v) is 8.19. The van der Waals surface area contributed by atoms with Gasteiger partial charge in [-0.1, -0.05) is 27.7 Å². The average Bonchev–Trinajstić information content (AvgIpc) is 3.07. The van der Waals surface area contributed by atoms with Crippen LogP contribution in [0.1, 0.15) is 49.6 Å². The lowest BCUT2D eigenvalue weighted by molar-refractivity contribution is 0.0718. The predicted molar refractivity (Wildman–Crippen MR) is 88.1 cm³/mol. The first-order chi connectivity index (χ1) is 11.8. The largest absolute Gasteiger partial charge is 0.475 e. The number of aryl methyl sites for hydroxylation is 2. The van der Waals surface area contributed by atoms with Crippen LogP contribution in [-0.4, -0.2) is 29.5 Å². The highest BCUT2D eigenvalue weighted by Crippen LogP contribution is 2.32. The molecule has 0 aliphatic heterocycles. The van der Waals surface area contributed by atoms with E-state index in [1.807, 2.05) is 27.7 Å². The number of esters is 1. The van der Waals surface area contributed by atoms with Crippen molar-refractivity contribution in [2.75, 3.05) is 13.2 Å². The number of hydrogen-bond acceptors (Lipinski definition) is 8. The second-order valence-corrected chi connectivity index (χ2v) is 6.59. The van der Waals surface area contributed by atoms with E-state index in [9.17, 15) is 4.79 Å². The van der Waals surface area contributed by atoms with Crippen molar-refractivity contribution in [3.05, 3.63) is 17.1 Å². The van der Waals surface area contributed by atoms with E-state index in [4.69, 9.17) is 23.3 Å². The van der Waals surface area contributed by atoms with Gasteiger partial charge in [-0.3, -0.25) is 0 Å². The molecule has 0 spiro atoms. The molecule has 25 heavy (non-hydrogen) atoms. The Balaban J connectivity index is 2.18. The molecule has 2 rings (SSSR count). The van der Waals surface area contributed by atoms with Crippen molar-refractivity contribution in [3.8, 4) is 17.5 Å². The van der Waals surface area contributed by atoms with Crippen LogP contribution >= 0.6 is 0 Å². The van der Waals surface area contributed by atoms with Crippen LogP contribution in [-0.2, 0) is 0 Å². The van der Waals surface area contributed by atoms with E-state index in [2.05, 4.69) is 10.3 Å². The fourth-order valence-corrected chi connectivity index (χ4v) is 1.87. The molecule has 8 nitrogen and oxygen atoms in total. The summed E-state index contributed by atoms with van der Waals surface area (Å²) < 4.78 is 26.6. The van der Waals surface area contributed by atoms with E-state index < -0.39 is 5.97 Å². The van der Waals surface area contributed by atoms with E-state index in [1.54, 1.807) is 13.8 Å². The standard InChI is InChI=1S/C17H24N2O6/c1-9(2)7-21-15-13(11(5)24-18-15)17(20)23-14-12(6)25-19-16(14)22-8-10(3)4/h9-10H,7-8H2,1-6H3. The fraction of sp³-hybridized carbons (Fsp3) is 0.588. The first kappa shape index (κ1) is 18.8. The van der Waals surface area contributed by atoms with E-state index in [0.717, 1.165) is 0 Å². The van der Waals surface area contributed by atoms with Gasteiger partial charge in [0.25, 0.3) is 11.8 Å². The van der Waals surface area contributed by atoms with Crippen molar-refractivity contribution in [1.29, 1.82) is 0 Å². The molecule has 2 aromatic heterocycles. The van der Waals surface area contributed by atoms with Gasteiger partial charge in [0.1, 0.15) is 0 Å². The molecule has 138 valence electrons. The Kier molecular flexibility index (Phi) is 6.06. The average molecular weight is 352 g/mol. The molecule has 0 aliphatic rings. The molecule has 0 atom stereocenters. The van der Waals surface area contributed by atoms with E-state index in [1.165, 1.54) is 0 Å². The zero-order valence-corrected chi connectivity index (χ0v) is 15.4. The summed E-state index contributed by atoms with van der Waals surface area (Å²) in [7, 11) is 0. The minimum Gasteiger partial charge on any atom is -0.475 e. The van der Waals surface area contributed by atoms with Gasteiger partial charge in [-0.05, 0) is 29.1 Å². The van der Waals surface area contributed by atoms with Gasteiger partial charge >= 0.3 is 5.97 Å². The molecule has 0 amide bonds. The Morgan fingerprint density at radius 2 is 1.44 bits per heavy atom. The van der Waals surface area contributed by atoms with Gasteiger partial charge in [-0.25, -0.2) is 4.79 Å². The molecule has 0 radical (unpaired) electrons. The van der Waals surface area contributed by atoms with Crippen LogP contribution in [0.5, 0.6) is 17.5 Å². The molecule has 8 heteroatoms. The van der Waals surface area contributed by atoms with E-state index in [-0.39, 0.29) is 34.9 Å². The number of aromatic nitrogens is 2. The van der Waals surface area contributed by atoms with Crippen molar-refractivity contribution < 1.29 is 28.1 Å². The molecule has 0 saturated carbocycles. The van der Waals surface area contributed by atoms with Gasteiger partial charge < -0.3 is 23.3 Å². The van der Waals surface area contributed by atoms with Crippen molar-refractivity contribution >= 4 is 5.97 Å². The zero-order valence-electron chi connectivity index (χ0n) is 15.4. The maximum atomic E-state index is 12.6. The van der Waals surface area contributed by atoms with Crippen molar-refractivity contribution in [2.45, 2.75) is 41.5 Å². The highest BCUT2D eigenvalue weighted by molar-refractivity contribution is 5.94. The molecular formula is C17H24N2O6. The number of rotatable bonds is 8. The van der Waals surface area contributed by atoms with Gasteiger partial charge in [0.15, 0.2) is 17.1 Å². The quantitative estimate of drug-likeness (QED) is 0.665. The maximum Gasteiger partial charge on any atom is 0.353 e. The van der Waals surface area contributed by atoms with Gasteiger partial charge in [-0.2, -0.15) is 0 Å². The van der Waals surface area contributed by atoms with E-state index >= 15 is 0 Å². The Labute approximate surface area is 146 Å². The molecule has 0 unspecified atom stereocenters. The molecule has 0 aromatic carbocycles.